The fraction of sp³-hybridized carbons (Fsp3) is 0.250. The highest BCUT2D eigenvalue weighted by molar-refractivity contribution is 5.63. The van der Waals surface area contributed by atoms with Gasteiger partial charge in [0.05, 0.1) is 0 Å². The first-order chi connectivity index (χ1) is 11.6. The second-order valence-corrected chi connectivity index (χ2v) is 7.60. The zero-order chi connectivity index (χ0) is 16.8. The van der Waals surface area contributed by atoms with Crippen molar-refractivity contribution in [1.29, 1.82) is 0 Å². The molecular weight excluding hydrogens is 288 g/mol. The van der Waals surface area contributed by atoms with E-state index in [1.807, 2.05) is 0 Å². The molecule has 0 N–H and O–H groups in total. The number of rotatable bonds is 3. The predicted molar refractivity (Wildman–Crippen MR) is 101 cm³/mol. The van der Waals surface area contributed by atoms with Gasteiger partial charge in [-0.25, -0.2) is 0 Å². The topological polar surface area (TPSA) is 0 Å². The molecule has 0 aliphatic heterocycles. The van der Waals surface area contributed by atoms with Gasteiger partial charge in [0.25, 0.3) is 0 Å². The fourth-order valence-corrected chi connectivity index (χ4v) is 5.28. The molecule has 1 atom stereocenters. The van der Waals surface area contributed by atoms with Crippen LogP contribution in [0, 0.1) is 5.41 Å². The maximum Gasteiger partial charge on any atom is 0.0362 e. The van der Waals surface area contributed by atoms with Crippen molar-refractivity contribution in [3.63, 3.8) is 0 Å². The van der Waals surface area contributed by atoms with E-state index in [1.165, 1.54) is 16.7 Å². The predicted octanol–water partition coefficient (Wildman–Crippen LogP) is 5.97. The maximum atomic E-state index is 2.43. The van der Waals surface area contributed by atoms with Crippen molar-refractivity contribution in [3.05, 3.63) is 108 Å². The van der Waals surface area contributed by atoms with E-state index < -0.39 is 0 Å². The van der Waals surface area contributed by atoms with Crippen molar-refractivity contribution in [2.75, 3.05) is 0 Å². The molecule has 0 nitrogen and oxygen atoms in total. The molecule has 0 heteroatoms. The zero-order valence-corrected chi connectivity index (χ0v) is 14.7. The van der Waals surface area contributed by atoms with Crippen molar-refractivity contribution in [3.8, 4) is 0 Å². The summed E-state index contributed by atoms with van der Waals surface area (Å²) in [7, 11) is 0. The summed E-state index contributed by atoms with van der Waals surface area (Å²) in [6.07, 6.45) is 0. The van der Waals surface area contributed by atoms with Crippen molar-refractivity contribution >= 4 is 0 Å². The average molecular weight is 312 g/mol. The Bertz CT molecular complexity index is 791. The molecule has 0 amide bonds. The van der Waals surface area contributed by atoms with Gasteiger partial charge in [-0.2, -0.15) is 0 Å². The summed E-state index contributed by atoms with van der Waals surface area (Å²) in [5.41, 5.74) is 4.42. The van der Waals surface area contributed by atoms with Crippen LogP contribution in [-0.4, -0.2) is 0 Å². The van der Waals surface area contributed by atoms with Gasteiger partial charge in [0.2, 0.25) is 0 Å². The van der Waals surface area contributed by atoms with Gasteiger partial charge in [-0.3, -0.25) is 0 Å². The lowest BCUT2D eigenvalue weighted by atomic mass is 9.77. The minimum absolute atomic E-state index is 0.0100. The average Bonchev–Trinajstić information content (AvgIpc) is 3.06. The highest BCUT2D eigenvalue weighted by atomic mass is 14.8. The summed E-state index contributed by atoms with van der Waals surface area (Å²) in [6, 6.07) is 33.1. The number of hydrogen-bond donors (Lipinski definition) is 0. The van der Waals surface area contributed by atoms with Crippen LogP contribution >= 0.6 is 0 Å². The van der Waals surface area contributed by atoms with Gasteiger partial charge < -0.3 is 0 Å². The van der Waals surface area contributed by atoms with E-state index in [1.54, 1.807) is 0 Å². The summed E-state index contributed by atoms with van der Waals surface area (Å²) in [5, 5.41) is 0. The van der Waals surface area contributed by atoms with E-state index in [-0.39, 0.29) is 16.2 Å². The minimum atomic E-state index is -0.0100. The van der Waals surface area contributed by atoms with Crippen molar-refractivity contribution < 1.29 is 0 Å². The molecule has 24 heavy (non-hydrogen) atoms. The Kier molecular flexibility index (Phi) is 3.22. The summed E-state index contributed by atoms with van der Waals surface area (Å²) in [4.78, 5) is 0. The number of benzene rings is 3. The Balaban J connectivity index is 2.03. The molecule has 1 unspecified atom stereocenters. The van der Waals surface area contributed by atoms with Crippen LogP contribution in [-0.2, 0) is 10.8 Å². The second-order valence-electron chi connectivity index (χ2n) is 7.60. The van der Waals surface area contributed by atoms with Gasteiger partial charge in [-0.15, -0.1) is 0 Å². The quantitative estimate of drug-likeness (QED) is 0.559. The molecule has 1 saturated carbocycles. The molecule has 0 heterocycles. The first-order valence-corrected chi connectivity index (χ1v) is 8.73. The Morgan fingerprint density at radius 3 is 1.17 bits per heavy atom. The van der Waals surface area contributed by atoms with Crippen molar-refractivity contribution in [2.24, 2.45) is 5.41 Å². The lowest BCUT2D eigenvalue weighted by Crippen LogP contribution is -2.21. The molecule has 4 rings (SSSR count). The van der Waals surface area contributed by atoms with Gasteiger partial charge in [0.15, 0.2) is 0 Å². The smallest absolute Gasteiger partial charge is 0.0362 e. The third kappa shape index (κ3) is 1.64. The van der Waals surface area contributed by atoms with Gasteiger partial charge >= 0.3 is 0 Å². The molecule has 1 fully saturated rings. The minimum Gasteiger partial charge on any atom is -0.0622 e. The van der Waals surface area contributed by atoms with Crippen LogP contribution in [0.15, 0.2) is 91.0 Å². The third-order valence-electron chi connectivity index (χ3n) is 6.64. The molecule has 120 valence electrons. The lowest BCUT2D eigenvalue weighted by Gasteiger charge is -2.25. The van der Waals surface area contributed by atoms with Crippen molar-refractivity contribution in [1.82, 2.24) is 0 Å². The molecule has 1 aliphatic carbocycles. The van der Waals surface area contributed by atoms with E-state index in [4.69, 9.17) is 0 Å². The molecule has 0 bridgehead atoms. The molecule has 0 spiro atoms. The Labute approximate surface area is 145 Å². The van der Waals surface area contributed by atoms with Gasteiger partial charge in [0.1, 0.15) is 0 Å². The molecule has 0 radical (unpaired) electrons. The fourth-order valence-electron chi connectivity index (χ4n) is 5.28. The molecule has 3 aromatic rings. The van der Waals surface area contributed by atoms with E-state index >= 15 is 0 Å². The standard InChI is InChI=1S/C24H24/c1-22(2)23(3,19-13-7-4-8-14-19)24(22,20-15-9-5-10-16-20)21-17-11-6-12-18-21/h4-18H,1-3H3. The first kappa shape index (κ1) is 15.2. The third-order valence-corrected chi connectivity index (χ3v) is 6.64. The van der Waals surface area contributed by atoms with Gasteiger partial charge in [-0.1, -0.05) is 112 Å². The van der Waals surface area contributed by atoms with E-state index in [0.717, 1.165) is 0 Å². The van der Waals surface area contributed by atoms with Crippen LogP contribution in [0.25, 0.3) is 0 Å². The Morgan fingerprint density at radius 2 is 0.792 bits per heavy atom. The van der Waals surface area contributed by atoms with E-state index in [0.29, 0.717) is 0 Å². The van der Waals surface area contributed by atoms with E-state index in [2.05, 4.69) is 112 Å². The molecule has 0 aromatic heterocycles. The number of hydrogen-bond acceptors (Lipinski definition) is 0. The summed E-state index contributed by atoms with van der Waals surface area (Å²) < 4.78 is 0. The SMILES string of the molecule is CC1(C)C(C)(c2ccccc2)C1(c1ccccc1)c1ccccc1. The summed E-state index contributed by atoms with van der Waals surface area (Å²) >= 11 is 0. The highest BCUT2D eigenvalue weighted by Gasteiger charge is 2.80. The zero-order valence-electron chi connectivity index (χ0n) is 14.7. The maximum absolute atomic E-state index is 2.43. The lowest BCUT2D eigenvalue weighted by molar-refractivity contribution is 0.516. The molecule has 1 aliphatic rings. The molecule has 3 aromatic carbocycles. The first-order valence-electron chi connectivity index (χ1n) is 8.73. The van der Waals surface area contributed by atoms with Crippen LogP contribution < -0.4 is 0 Å². The van der Waals surface area contributed by atoms with Crippen molar-refractivity contribution in [2.45, 2.75) is 31.6 Å². The molecular formula is C24H24. The second kappa shape index (κ2) is 5.08. The van der Waals surface area contributed by atoms with Crippen LogP contribution in [0.1, 0.15) is 37.5 Å². The van der Waals surface area contributed by atoms with Crippen LogP contribution in [0.5, 0.6) is 0 Å². The van der Waals surface area contributed by atoms with Gasteiger partial charge in [-0.05, 0) is 22.1 Å². The molecule has 0 saturated heterocycles. The van der Waals surface area contributed by atoms with Crippen LogP contribution in [0.4, 0.5) is 0 Å². The monoisotopic (exact) mass is 312 g/mol. The summed E-state index contributed by atoms with van der Waals surface area (Å²) in [6.45, 7) is 7.27. The summed E-state index contributed by atoms with van der Waals surface area (Å²) in [5.74, 6) is 0. The van der Waals surface area contributed by atoms with E-state index in [9.17, 15) is 0 Å². The van der Waals surface area contributed by atoms with Crippen LogP contribution in [0.2, 0.25) is 0 Å². The van der Waals surface area contributed by atoms with Gasteiger partial charge in [0, 0.05) is 10.8 Å². The largest absolute Gasteiger partial charge is 0.0622 e. The normalized spacial score (nSPS) is 23.6. The highest BCUT2D eigenvalue weighted by Crippen LogP contribution is 2.80. The Hall–Kier alpha value is -2.34. The Morgan fingerprint density at radius 1 is 0.458 bits per heavy atom. The van der Waals surface area contributed by atoms with Crippen LogP contribution in [0.3, 0.4) is 0 Å².